The highest BCUT2D eigenvalue weighted by Crippen LogP contribution is 2.31. The number of hydrogen-bond donors (Lipinski definition) is 2. The molecule has 1 unspecified atom stereocenters. The fourth-order valence-electron chi connectivity index (χ4n) is 1.81. The van der Waals surface area contributed by atoms with E-state index in [1.807, 2.05) is 0 Å². The van der Waals surface area contributed by atoms with E-state index in [-0.39, 0.29) is 17.6 Å². The molecule has 0 rings (SSSR count). The molecule has 0 heterocycles. The summed E-state index contributed by atoms with van der Waals surface area (Å²) in [7, 11) is -3.44. The maximum Gasteiger partial charge on any atom is 0.234 e. The summed E-state index contributed by atoms with van der Waals surface area (Å²) in [6.45, 7) is 8.40. The van der Waals surface area contributed by atoms with Crippen molar-refractivity contribution < 1.29 is 13.2 Å². The van der Waals surface area contributed by atoms with Crippen molar-refractivity contribution in [3.8, 4) is 0 Å². The van der Waals surface area contributed by atoms with E-state index in [0.29, 0.717) is 18.9 Å². The molecular weight excluding hydrogens is 252 g/mol. The molecule has 6 heteroatoms. The van der Waals surface area contributed by atoms with E-state index in [9.17, 15) is 13.2 Å². The molecule has 0 aliphatic rings. The highest BCUT2D eigenvalue weighted by atomic mass is 32.2. The number of nitrogens with one attached hydrogen (secondary N) is 1. The van der Waals surface area contributed by atoms with E-state index >= 15 is 0 Å². The number of nitrogens with two attached hydrogens (primary N) is 1. The number of carbonyl (C=O) groups is 1. The highest BCUT2D eigenvalue weighted by Gasteiger charge is 2.24. The minimum absolute atomic E-state index is 0.0727. The molecule has 0 fully saturated rings. The molecule has 0 aliphatic carbocycles. The van der Waals surface area contributed by atoms with Crippen molar-refractivity contribution in [1.29, 1.82) is 0 Å². The first-order chi connectivity index (χ1) is 8.12. The van der Waals surface area contributed by atoms with Crippen LogP contribution >= 0.6 is 0 Å². The van der Waals surface area contributed by atoms with Crippen LogP contribution in [0, 0.1) is 11.3 Å². The predicted molar refractivity (Wildman–Crippen MR) is 73.5 cm³/mol. The zero-order valence-corrected chi connectivity index (χ0v) is 12.6. The Morgan fingerprint density at radius 2 is 1.83 bits per heavy atom. The Kier molecular flexibility index (Phi) is 6.84. The lowest BCUT2D eigenvalue weighted by Crippen LogP contribution is -2.33. The number of rotatable bonds is 7. The van der Waals surface area contributed by atoms with Crippen LogP contribution in [-0.4, -0.2) is 26.6 Å². The first-order valence-corrected chi connectivity index (χ1v) is 8.01. The third-order valence-electron chi connectivity index (χ3n) is 3.11. The fraction of sp³-hybridized carbons (Fsp3) is 0.917. The Morgan fingerprint density at radius 3 is 2.22 bits per heavy atom. The van der Waals surface area contributed by atoms with Gasteiger partial charge in [-0.1, -0.05) is 20.8 Å². The molecule has 0 aromatic heterocycles. The van der Waals surface area contributed by atoms with Crippen molar-refractivity contribution in [2.45, 2.75) is 47.0 Å². The lowest BCUT2D eigenvalue weighted by atomic mass is 9.76. The number of hydrogen-bond acceptors (Lipinski definition) is 4. The monoisotopic (exact) mass is 278 g/mol. The second-order valence-electron chi connectivity index (χ2n) is 5.61. The molecule has 108 valence electrons. The summed E-state index contributed by atoms with van der Waals surface area (Å²) < 4.78 is 24.5. The molecule has 18 heavy (non-hydrogen) atoms. The molecule has 0 bridgehead atoms. The van der Waals surface area contributed by atoms with Gasteiger partial charge in [-0.3, -0.25) is 9.52 Å². The van der Waals surface area contributed by atoms with Gasteiger partial charge in [0.1, 0.15) is 0 Å². The number of amides is 1. The lowest BCUT2D eigenvalue weighted by molar-refractivity contribution is -0.119. The minimum atomic E-state index is -3.44. The molecule has 0 spiro atoms. The van der Waals surface area contributed by atoms with Gasteiger partial charge in [-0.25, -0.2) is 8.42 Å². The SMILES string of the molecule is CCS(=O)(=O)NC(=O)CCC(CCN)C(C)(C)C. The van der Waals surface area contributed by atoms with Crippen LogP contribution in [0.2, 0.25) is 0 Å². The van der Waals surface area contributed by atoms with Crippen LogP contribution < -0.4 is 10.5 Å². The molecule has 0 aromatic carbocycles. The standard InChI is InChI=1S/C12H26N2O3S/c1-5-18(16,17)14-11(15)7-6-10(8-9-13)12(2,3)4/h10H,5-9,13H2,1-4H3,(H,14,15). The zero-order chi connectivity index (χ0) is 14.4. The first kappa shape index (κ1) is 17.4. The van der Waals surface area contributed by atoms with E-state index in [1.165, 1.54) is 6.92 Å². The average Bonchev–Trinajstić information content (AvgIpc) is 2.22. The molecule has 1 atom stereocenters. The van der Waals surface area contributed by atoms with Gasteiger partial charge in [0.25, 0.3) is 0 Å². The molecule has 0 aliphatic heterocycles. The van der Waals surface area contributed by atoms with Crippen LogP contribution in [0.25, 0.3) is 0 Å². The first-order valence-electron chi connectivity index (χ1n) is 6.35. The summed E-state index contributed by atoms with van der Waals surface area (Å²) >= 11 is 0. The molecule has 0 aromatic rings. The van der Waals surface area contributed by atoms with Crippen molar-refractivity contribution in [2.24, 2.45) is 17.1 Å². The van der Waals surface area contributed by atoms with Crippen LogP contribution in [0.4, 0.5) is 0 Å². The van der Waals surface area contributed by atoms with Crippen LogP contribution in [-0.2, 0) is 14.8 Å². The van der Waals surface area contributed by atoms with Crippen LogP contribution in [0.3, 0.4) is 0 Å². The number of carbonyl (C=O) groups excluding carboxylic acids is 1. The molecule has 0 saturated heterocycles. The van der Waals surface area contributed by atoms with Crippen LogP contribution in [0.15, 0.2) is 0 Å². The summed E-state index contributed by atoms with van der Waals surface area (Å²) in [5.74, 6) is -0.190. The zero-order valence-electron chi connectivity index (χ0n) is 11.8. The van der Waals surface area contributed by atoms with Gasteiger partial charge < -0.3 is 5.73 Å². The molecule has 5 nitrogen and oxygen atoms in total. The Labute approximate surface area is 111 Å². The van der Waals surface area contributed by atoms with Gasteiger partial charge in [-0.15, -0.1) is 0 Å². The maximum absolute atomic E-state index is 11.5. The van der Waals surface area contributed by atoms with Crippen molar-refractivity contribution >= 4 is 15.9 Å². The van der Waals surface area contributed by atoms with E-state index in [1.54, 1.807) is 0 Å². The quantitative estimate of drug-likeness (QED) is 0.733. The second kappa shape index (κ2) is 7.09. The van der Waals surface area contributed by atoms with Crippen LogP contribution in [0.1, 0.15) is 47.0 Å². The lowest BCUT2D eigenvalue weighted by Gasteiger charge is -2.30. The second-order valence-corrected chi connectivity index (χ2v) is 7.62. The fourth-order valence-corrected chi connectivity index (χ4v) is 2.41. The Hall–Kier alpha value is -0.620. The van der Waals surface area contributed by atoms with Crippen molar-refractivity contribution in [2.75, 3.05) is 12.3 Å². The molecule has 1 amide bonds. The smallest absolute Gasteiger partial charge is 0.234 e. The Morgan fingerprint density at radius 1 is 1.28 bits per heavy atom. The minimum Gasteiger partial charge on any atom is -0.330 e. The Bertz CT molecular complexity index is 358. The summed E-state index contributed by atoms with van der Waals surface area (Å²) in [4.78, 5) is 11.5. The summed E-state index contributed by atoms with van der Waals surface area (Å²) in [5, 5.41) is 0. The molecule has 0 radical (unpaired) electrons. The van der Waals surface area contributed by atoms with Crippen molar-refractivity contribution in [1.82, 2.24) is 4.72 Å². The summed E-state index contributed by atoms with van der Waals surface area (Å²) in [5.41, 5.74) is 5.63. The van der Waals surface area contributed by atoms with Gasteiger partial charge >= 0.3 is 0 Å². The average molecular weight is 278 g/mol. The molecule has 0 saturated carbocycles. The largest absolute Gasteiger partial charge is 0.330 e. The third kappa shape index (κ3) is 6.96. The Balaban J connectivity index is 4.33. The number of sulfonamides is 1. The van der Waals surface area contributed by atoms with E-state index in [0.717, 1.165) is 6.42 Å². The van der Waals surface area contributed by atoms with Gasteiger partial charge in [0.05, 0.1) is 5.75 Å². The van der Waals surface area contributed by atoms with Gasteiger partial charge in [0.2, 0.25) is 15.9 Å². The van der Waals surface area contributed by atoms with Crippen LogP contribution in [0.5, 0.6) is 0 Å². The van der Waals surface area contributed by atoms with Gasteiger partial charge in [0, 0.05) is 6.42 Å². The third-order valence-corrected chi connectivity index (χ3v) is 4.41. The molecule has 3 N–H and O–H groups in total. The summed E-state index contributed by atoms with van der Waals surface area (Å²) in [6, 6.07) is 0. The van der Waals surface area contributed by atoms with Gasteiger partial charge in [-0.05, 0) is 37.6 Å². The highest BCUT2D eigenvalue weighted by molar-refractivity contribution is 7.90. The van der Waals surface area contributed by atoms with Crippen molar-refractivity contribution in [3.63, 3.8) is 0 Å². The van der Waals surface area contributed by atoms with Gasteiger partial charge in [0.15, 0.2) is 0 Å². The van der Waals surface area contributed by atoms with Crippen molar-refractivity contribution in [3.05, 3.63) is 0 Å². The van der Waals surface area contributed by atoms with E-state index in [2.05, 4.69) is 25.5 Å². The normalized spacial score (nSPS) is 14.3. The molecular formula is C12H26N2O3S. The maximum atomic E-state index is 11.5. The van der Waals surface area contributed by atoms with Gasteiger partial charge in [-0.2, -0.15) is 0 Å². The topological polar surface area (TPSA) is 89.3 Å². The van der Waals surface area contributed by atoms with E-state index in [4.69, 9.17) is 5.73 Å². The predicted octanol–water partition coefficient (Wildman–Crippen LogP) is 1.24. The van der Waals surface area contributed by atoms with E-state index < -0.39 is 15.9 Å². The summed E-state index contributed by atoms with van der Waals surface area (Å²) in [6.07, 6.45) is 1.73.